The predicted molar refractivity (Wildman–Crippen MR) is 30.9 cm³/mol. The van der Waals surface area contributed by atoms with E-state index in [4.69, 9.17) is 5.26 Å². The highest BCUT2D eigenvalue weighted by Crippen LogP contribution is 1.79. The minimum absolute atomic E-state index is 0. The molecule has 1 aromatic rings. The van der Waals surface area contributed by atoms with Crippen molar-refractivity contribution in [1.82, 2.24) is 9.97 Å². The van der Waals surface area contributed by atoms with Gasteiger partial charge in [0.1, 0.15) is 6.07 Å². The SMILES string of the molecule is N#Cc1ncc[nH]1.[S]. The molecular weight excluding hydrogens is 122 g/mol. The molecule has 1 N–H and O–H groups in total. The fourth-order valence-electron chi connectivity index (χ4n) is 0.326. The van der Waals surface area contributed by atoms with Gasteiger partial charge in [-0.25, -0.2) is 4.98 Å². The van der Waals surface area contributed by atoms with E-state index in [2.05, 4.69) is 9.97 Å². The molecule has 0 unspecified atom stereocenters. The van der Waals surface area contributed by atoms with Gasteiger partial charge in [-0.3, -0.25) is 0 Å². The summed E-state index contributed by atoms with van der Waals surface area (Å²) in [5.74, 6) is 0.361. The number of hydrogen-bond donors (Lipinski definition) is 1. The van der Waals surface area contributed by atoms with Crippen molar-refractivity contribution in [3.05, 3.63) is 18.2 Å². The monoisotopic (exact) mass is 125 g/mol. The molecule has 0 fully saturated rings. The fourth-order valence-corrected chi connectivity index (χ4v) is 0.326. The Kier molecular flexibility index (Phi) is 2.74. The van der Waals surface area contributed by atoms with Crippen molar-refractivity contribution in [3.63, 3.8) is 0 Å². The molecule has 1 rings (SSSR count). The average molecular weight is 125 g/mol. The number of hydrogen-bond acceptors (Lipinski definition) is 2. The van der Waals surface area contributed by atoms with Crippen LogP contribution >= 0.6 is 13.5 Å². The summed E-state index contributed by atoms with van der Waals surface area (Å²) in [5, 5.41) is 8.08. The van der Waals surface area contributed by atoms with Crippen LogP contribution in [0.4, 0.5) is 0 Å². The molecule has 3 nitrogen and oxygen atoms in total. The molecule has 0 aliphatic heterocycles. The van der Waals surface area contributed by atoms with E-state index in [9.17, 15) is 0 Å². The van der Waals surface area contributed by atoms with E-state index in [1.54, 1.807) is 12.4 Å². The Morgan fingerprint density at radius 3 is 2.75 bits per heavy atom. The zero-order valence-corrected chi connectivity index (χ0v) is 4.77. The minimum Gasteiger partial charge on any atom is -0.336 e. The van der Waals surface area contributed by atoms with Gasteiger partial charge in [-0.2, -0.15) is 5.26 Å². The Bertz CT molecular complexity index is 174. The molecule has 0 spiro atoms. The lowest BCUT2D eigenvalue weighted by atomic mass is 10.7. The Labute approximate surface area is 53.8 Å². The van der Waals surface area contributed by atoms with Crippen molar-refractivity contribution in [1.29, 1.82) is 5.26 Å². The quantitative estimate of drug-likeness (QED) is 0.560. The van der Waals surface area contributed by atoms with Crippen molar-refractivity contribution in [2.24, 2.45) is 0 Å². The van der Waals surface area contributed by atoms with Crippen LogP contribution in [0.5, 0.6) is 0 Å². The Morgan fingerprint density at radius 2 is 2.50 bits per heavy atom. The van der Waals surface area contributed by atoms with Crippen LogP contribution in [0, 0.1) is 11.3 Å². The number of aromatic amines is 1. The van der Waals surface area contributed by atoms with E-state index in [1.807, 2.05) is 6.07 Å². The summed E-state index contributed by atoms with van der Waals surface area (Å²) in [7, 11) is 0. The van der Waals surface area contributed by atoms with Gasteiger partial charge in [0.15, 0.2) is 0 Å². The average Bonchev–Trinajstić information content (AvgIpc) is 2.14. The first kappa shape index (κ1) is 7.05. The van der Waals surface area contributed by atoms with Crippen molar-refractivity contribution in [2.75, 3.05) is 0 Å². The highest BCUT2D eigenvalue weighted by molar-refractivity contribution is 7.59. The van der Waals surface area contributed by atoms with Gasteiger partial charge >= 0.3 is 0 Å². The minimum atomic E-state index is 0. The van der Waals surface area contributed by atoms with E-state index in [0.29, 0.717) is 5.82 Å². The van der Waals surface area contributed by atoms with E-state index in [1.165, 1.54) is 0 Å². The van der Waals surface area contributed by atoms with Gasteiger partial charge in [0.25, 0.3) is 0 Å². The van der Waals surface area contributed by atoms with Gasteiger partial charge in [0.05, 0.1) is 0 Å². The van der Waals surface area contributed by atoms with Crippen LogP contribution in [0.2, 0.25) is 0 Å². The summed E-state index contributed by atoms with van der Waals surface area (Å²) in [6, 6.07) is 1.84. The number of aromatic nitrogens is 2. The molecule has 0 atom stereocenters. The van der Waals surface area contributed by atoms with E-state index in [-0.39, 0.29) is 13.5 Å². The molecule has 8 heavy (non-hydrogen) atoms. The van der Waals surface area contributed by atoms with Crippen LogP contribution in [0.1, 0.15) is 5.82 Å². The lowest BCUT2D eigenvalue weighted by molar-refractivity contribution is 1.23. The molecule has 0 bridgehead atoms. The van der Waals surface area contributed by atoms with Crippen molar-refractivity contribution >= 4 is 13.5 Å². The van der Waals surface area contributed by atoms with Crippen molar-refractivity contribution in [3.8, 4) is 6.07 Å². The van der Waals surface area contributed by atoms with Gasteiger partial charge in [0.2, 0.25) is 5.82 Å². The maximum atomic E-state index is 8.08. The number of nitriles is 1. The maximum Gasteiger partial charge on any atom is 0.210 e. The molecule has 0 aliphatic carbocycles. The summed E-state index contributed by atoms with van der Waals surface area (Å²) in [4.78, 5) is 6.23. The zero-order valence-electron chi connectivity index (χ0n) is 3.96. The summed E-state index contributed by atoms with van der Waals surface area (Å²) >= 11 is 0. The van der Waals surface area contributed by atoms with Gasteiger partial charge in [0, 0.05) is 25.9 Å². The number of H-pyrrole nitrogens is 1. The summed E-state index contributed by atoms with van der Waals surface area (Å²) in [6.07, 6.45) is 3.15. The zero-order chi connectivity index (χ0) is 5.11. The van der Waals surface area contributed by atoms with E-state index in [0.717, 1.165) is 0 Å². The van der Waals surface area contributed by atoms with Crippen LogP contribution in [0.3, 0.4) is 0 Å². The van der Waals surface area contributed by atoms with Crippen LogP contribution < -0.4 is 0 Å². The summed E-state index contributed by atoms with van der Waals surface area (Å²) in [5.41, 5.74) is 0. The van der Waals surface area contributed by atoms with E-state index >= 15 is 0 Å². The van der Waals surface area contributed by atoms with Crippen LogP contribution in [0.15, 0.2) is 12.4 Å². The Morgan fingerprint density at radius 1 is 1.75 bits per heavy atom. The number of nitrogens with zero attached hydrogens (tertiary/aromatic N) is 2. The maximum absolute atomic E-state index is 8.08. The second-order valence-corrected chi connectivity index (χ2v) is 1.05. The van der Waals surface area contributed by atoms with Gasteiger partial charge in [-0.1, -0.05) is 0 Å². The highest BCUT2D eigenvalue weighted by Gasteiger charge is 1.82. The second-order valence-electron chi connectivity index (χ2n) is 1.05. The van der Waals surface area contributed by atoms with Gasteiger partial charge in [-0.05, 0) is 0 Å². The smallest absolute Gasteiger partial charge is 0.210 e. The number of nitrogens with one attached hydrogen (secondary N) is 1. The topological polar surface area (TPSA) is 52.5 Å². The van der Waals surface area contributed by atoms with Crippen molar-refractivity contribution < 1.29 is 0 Å². The van der Waals surface area contributed by atoms with Crippen LogP contribution in [-0.2, 0) is 0 Å². The molecule has 1 heterocycles. The van der Waals surface area contributed by atoms with Crippen molar-refractivity contribution in [2.45, 2.75) is 0 Å². The normalized spacial score (nSPS) is 6.88. The summed E-state index contributed by atoms with van der Waals surface area (Å²) in [6.45, 7) is 0. The first-order chi connectivity index (χ1) is 3.43. The van der Waals surface area contributed by atoms with Gasteiger partial charge < -0.3 is 4.98 Å². The Hall–Kier alpha value is -0.950. The number of imidazole rings is 1. The molecular formula is C4H3N3S. The molecule has 0 saturated heterocycles. The standard InChI is InChI=1S/C4H3N3.S/c5-3-4-6-1-2-7-4;/h1-2H,(H,6,7);. The fraction of sp³-hybridized carbons (Fsp3) is 0. The third-order valence-corrected chi connectivity index (χ3v) is 0.604. The number of rotatable bonds is 0. The molecule has 40 valence electrons. The third kappa shape index (κ3) is 1.28. The predicted octanol–water partition coefficient (Wildman–Crippen LogP) is 0.930. The highest BCUT2D eigenvalue weighted by atomic mass is 32.1. The first-order valence-electron chi connectivity index (χ1n) is 1.83. The van der Waals surface area contributed by atoms with Crippen LogP contribution in [0.25, 0.3) is 0 Å². The van der Waals surface area contributed by atoms with E-state index < -0.39 is 0 Å². The molecule has 0 amide bonds. The lowest BCUT2D eigenvalue weighted by Gasteiger charge is -1.65. The summed E-state index contributed by atoms with van der Waals surface area (Å²) < 4.78 is 0. The molecule has 0 aliphatic rings. The third-order valence-electron chi connectivity index (χ3n) is 0.604. The van der Waals surface area contributed by atoms with Gasteiger partial charge in [-0.15, -0.1) is 0 Å². The molecule has 1 aromatic heterocycles. The second kappa shape index (κ2) is 3.10. The Balaban J connectivity index is 0.000000490. The molecule has 2 radical (unpaired) electrons. The molecule has 4 heteroatoms. The lowest BCUT2D eigenvalue weighted by Crippen LogP contribution is -1.70. The molecule has 0 saturated carbocycles. The largest absolute Gasteiger partial charge is 0.336 e. The van der Waals surface area contributed by atoms with Crippen LogP contribution in [-0.4, -0.2) is 9.97 Å². The molecule has 0 aromatic carbocycles. The first-order valence-corrected chi connectivity index (χ1v) is 1.83.